The van der Waals surface area contributed by atoms with Crippen LogP contribution in [0.15, 0.2) is 5.16 Å². The fourth-order valence-electron chi connectivity index (χ4n) is 2.11. The zero-order chi connectivity index (χ0) is 9.80. The molecule has 0 amide bonds. The van der Waals surface area contributed by atoms with Crippen LogP contribution in [-0.2, 0) is 4.84 Å². The highest BCUT2D eigenvalue weighted by molar-refractivity contribution is 5.89. The van der Waals surface area contributed by atoms with Crippen molar-refractivity contribution in [3.8, 4) is 11.8 Å². The van der Waals surface area contributed by atoms with Crippen LogP contribution in [0.2, 0.25) is 0 Å². The van der Waals surface area contributed by atoms with E-state index in [1.54, 1.807) is 0 Å². The Morgan fingerprint density at radius 1 is 1.50 bits per heavy atom. The largest absolute Gasteiger partial charge is 0.383 e. The van der Waals surface area contributed by atoms with E-state index in [4.69, 9.17) is 4.84 Å². The van der Waals surface area contributed by atoms with Crippen LogP contribution in [0.4, 0.5) is 0 Å². The van der Waals surface area contributed by atoms with E-state index in [0.29, 0.717) is 12.5 Å². The quantitative estimate of drug-likeness (QED) is 0.372. The van der Waals surface area contributed by atoms with Crippen molar-refractivity contribution >= 4 is 5.71 Å². The average molecular weight is 192 g/mol. The Labute approximate surface area is 85.1 Å². The van der Waals surface area contributed by atoms with Gasteiger partial charge in [0.05, 0.1) is 5.71 Å². The average Bonchev–Trinajstić information content (AvgIpc) is 2.26. The number of rotatable bonds is 2. The third-order valence-corrected chi connectivity index (χ3v) is 2.94. The summed E-state index contributed by atoms with van der Waals surface area (Å²) >= 11 is 0. The molecule has 0 aromatic heterocycles. The normalized spacial score (nSPS) is 32.5. The number of hydrogen-bond donors (Lipinski definition) is 0. The van der Waals surface area contributed by atoms with Gasteiger partial charge in [0.2, 0.25) is 0 Å². The summed E-state index contributed by atoms with van der Waals surface area (Å²) in [7, 11) is 0. The van der Waals surface area contributed by atoms with E-state index in [1.165, 1.54) is 31.6 Å². The monoisotopic (exact) mass is 192 g/mol. The van der Waals surface area contributed by atoms with Crippen molar-refractivity contribution in [2.45, 2.75) is 19.8 Å². The van der Waals surface area contributed by atoms with Crippen molar-refractivity contribution in [2.24, 2.45) is 11.1 Å². The Bertz CT molecular complexity index is 279. The summed E-state index contributed by atoms with van der Waals surface area (Å²) < 4.78 is 0. The van der Waals surface area contributed by atoms with Gasteiger partial charge in [0.15, 0.2) is 6.61 Å². The number of fused-ring (bicyclic) bond motifs is 3. The Kier molecular flexibility index (Phi) is 3.05. The van der Waals surface area contributed by atoms with Crippen molar-refractivity contribution < 1.29 is 4.84 Å². The molecule has 2 bridgehead atoms. The number of nitrogens with zero attached hydrogens (tertiary/aromatic N) is 2. The summed E-state index contributed by atoms with van der Waals surface area (Å²) in [5, 5.41) is 4.18. The molecule has 76 valence electrons. The highest BCUT2D eigenvalue weighted by Crippen LogP contribution is 2.25. The van der Waals surface area contributed by atoms with Gasteiger partial charge in [-0.1, -0.05) is 11.1 Å². The lowest BCUT2D eigenvalue weighted by Gasteiger charge is -2.39. The molecular weight excluding hydrogens is 176 g/mol. The smallest absolute Gasteiger partial charge is 0.177 e. The predicted octanol–water partition coefficient (Wildman–Crippen LogP) is 1.11. The maximum absolute atomic E-state index is 5.15. The van der Waals surface area contributed by atoms with Crippen LogP contribution in [0, 0.1) is 17.8 Å². The summed E-state index contributed by atoms with van der Waals surface area (Å²) in [4.78, 5) is 7.59. The predicted molar refractivity (Wildman–Crippen MR) is 56.0 cm³/mol. The summed E-state index contributed by atoms with van der Waals surface area (Å²) in [6, 6.07) is 0. The molecule has 0 saturated carbocycles. The summed E-state index contributed by atoms with van der Waals surface area (Å²) in [5.74, 6) is 6.30. The summed E-state index contributed by atoms with van der Waals surface area (Å²) in [5.41, 5.74) is 1.22. The first-order valence-corrected chi connectivity index (χ1v) is 5.21. The SMILES string of the molecule is CC#CCO/N=C1\CN2CCC1CC2. The highest BCUT2D eigenvalue weighted by Gasteiger charge is 2.31. The van der Waals surface area contributed by atoms with Crippen molar-refractivity contribution in [3.63, 3.8) is 0 Å². The molecule has 3 aliphatic heterocycles. The molecule has 3 heteroatoms. The molecule has 3 aliphatic rings. The van der Waals surface area contributed by atoms with Crippen LogP contribution in [0.5, 0.6) is 0 Å². The molecule has 14 heavy (non-hydrogen) atoms. The van der Waals surface area contributed by atoms with Crippen molar-refractivity contribution in [2.75, 3.05) is 26.2 Å². The number of oxime groups is 1. The minimum absolute atomic E-state index is 0.423. The first kappa shape index (κ1) is 9.54. The van der Waals surface area contributed by atoms with Gasteiger partial charge in [-0.25, -0.2) is 0 Å². The molecule has 0 N–H and O–H groups in total. The second kappa shape index (κ2) is 4.47. The Morgan fingerprint density at radius 3 is 2.86 bits per heavy atom. The second-order valence-electron chi connectivity index (χ2n) is 3.83. The van der Waals surface area contributed by atoms with E-state index in [2.05, 4.69) is 21.9 Å². The molecule has 0 aromatic carbocycles. The fraction of sp³-hybridized carbons (Fsp3) is 0.727. The van der Waals surface area contributed by atoms with Crippen LogP contribution < -0.4 is 0 Å². The van der Waals surface area contributed by atoms with Gasteiger partial charge in [-0.15, -0.1) is 5.92 Å². The molecule has 3 nitrogen and oxygen atoms in total. The summed E-state index contributed by atoms with van der Waals surface area (Å²) in [6.45, 7) is 5.71. The lowest BCUT2D eigenvalue weighted by atomic mass is 9.87. The minimum Gasteiger partial charge on any atom is -0.383 e. The van der Waals surface area contributed by atoms with Gasteiger partial charge >= 0.3 is 0 Å². The first-order valence-electron chi connectivity index (χ1n) is 5.21. The summed E-state index contributed by atoms with van der Waals surface area (Å²) in [6.07, 6.45) is 2.50. The molecule has 0 radical (unpaired) electrons. The van der Waals surface area contributed by atoms with Crippen LogP contribution in [-0.4, -0.2) is 36.9 Å². The lowest BCUT2D eigenvalue weighted by Crippen LogP contribution is -2.47. The zero-order valence-corrected chi connectivity index (χ0v) is 8.62. The molecular formula is C11H16N2O. The third-order valence-electron chi connectivity index (χ3n) is 2.94. The van der Waals surface area contributed by atoms with Gasteiger partial charge in [0.1, 0.15) is 0 Å². The van der Waals surface area contributed by atoms with E-state index in [1.807, 2.05) is 6.92 Å². The van der Waals surface area contributed by atoms with Gasteiger partial charge in [0, 0.05) is 12.5 Å². The lowest BCUT2D eigenvalue weighted by molar-refractivity contribution is 0.155. The molecule has 0 spiro atoms. The Morgan fingerprint density at radius 2 is 2.29 bits per heavy atom. The third kappa shape index (κ3) is 2.08. The van der Waals surface area contributed by atoms with E-state index in [9.17, 15) is 0 Å². The topological polar surface area (TPSA) is 24.8 Å². The minimum atomic E-state index is 0.423. The van der Waals surface area contributed by atoms with E-state index in [-0.39, 0.29) is 0 Å². The van der Waals surface area contributed by atoms with Crippen molar-refractivity contribution in [3.05, 3.63) is 0 Å². The molecule has 0 unspecified atom stereocenters. The second-order valence-corrected chi connectivity index (χ2v) is 3.83. The molecule has 0 aliphatic carbocycles. The highest BCUT2D eigenvalue weighted by atomic mass is 16.6. The van der Waals surface area contributed by atoms with Crippen molar-refractivity contribution in [1.82, 2.24) is 4.90 Å². The molecule has 3 fully saturated rings. The molecule has 3 rings (SSSR count). The van der Waals surface area contributed by atoms with E-state index >= 15 is 0 Å². The zero-order valence-electron chi connectivity index (χ0n) is 8.62. The first-order chi connectivity index (χ1) is 6.90. The van der Waals surface area contributed by atoms with Crippen LogP contribution in [0.1, 0.15) is 19.8 Å². The number of piperidine rings is 3. The molecule has 0 atom stereocenters. The number of hydrogen-bond acceptors (Lipinski definition) is 3. The fourth-order valence-corrected chi connectivity index (χ4v) is 2.11. The van der Waals surface area contributed by atoms with Gasteiger partial charge in [0.25, 0.3) is 0 Å². The molecule has 3 saturated heterocycles. The van der Waals surface area contributed by atoms with Crippen LogP contribution in [0.25, 0.3) is 0 Å². The molecule has 0 aromatic rings. The van der Waals surface area contributed by atoms with Gasteiger partial charge < -0.3 is 4.84 Å². The maximum atomic E-state index is 5.15. The van der Waals surface area contributed by atoms with Crippen LogP contribution in [0.3, 0.4) is 0 Å². The Hall–Kier alpha value is -1.01. The van der Waals surface area contributed by atoms with Crippen molar-refractivity contribution in [1.29, 1.82) is 0 Å². The van der Waals surface area contributed by atoms with Gasteiger partial charge in [-0.2, -0.15) is 0 Å². The van der Waals surface area contributed by atoms with Crippen LogP contribution >= 0.6 is 0 Å². The van der Waals surface area contributed by atoms with Gasteiger partial charge in [-0.3, -0.25) is 4.90 Å². The Balaban J connectivity index is 1.87. The van der Waals surface area contributed by atoms with E-state index < -0.39 is 0 Å². The van der Waals surface area contributed by atoms with Gasteiger partial charge in [-0.05, 0) is 32.9 Å². The van der Waals surface area contributed by atoms with E-state index in [0.717, 1.165) is 6.54 Å². The molecule has 3 heterocycles. The maximum Gasteiger partial charge on any atom is 0.177 e. The standard InChI is InChI=1S/C11H16N2O/c1-2-3-8-14-12-11-9-13-6-4-10(11)5-7-13/h10H,4-9H2,1H3/b12-11+.